The number of rotatable bonds is 7. The van der Waals surface area contributed by atoms with E-state index < -0.39 is 0 Å². The molecule has 0 bridgehead atoms. The van der Waals surface area contributed by atoms with E-state index >= 15 is 0 Å². The van der Waals surface area contributed by atoms with Crippen molar-refractivity contribution in [3.8, 4) is 11.5 Å². The monoisotopic (exact) mass is 302 g/mol. The summed E-state index contributed by atoms with van der Waals surface area (Å²) < 4.78 is 10.4. The summed E-state index contributed by atoms with van der Waals surface area (Å²) in [5.41, 5.74) is 1.09. The molecule has 0 radical (unpaired) electrons. The highest BCUT2D eigenvalue weighted by atomic mass is 35.5. The second-order valence-electron chi connectivity index (χ2n) is 4.39. The Labute approximate surface area is 126 Å². The first-order valence-corrected chi connectivity index (χ1v) is 6.25. The maximum Gasteiger partial charge on any atom is 0.234 e. The van der Waals surface area contributed by atoms with Crippen molar-refractivity contribution in [2.45, 2.75) is 19.4 Å². The summed E-state index contributed by atoms with van der Waals surface area (Å²) in [4.78, 5) is 11.4. The largest absolute Gasteiger partial charge is 0.493 e. The van der Waals surface area contributed by atoms with Crippen molar-refractivity contribution < 1.29 is 14.3 Å². The van der Waals surface area contributed by atoms with E-state index in [9.17, 15) is 4.79 Å². The lowest BCUT2D eigenvalue weighted by Gasteiger charge is -2.15. The van der Waals surface area contributed by atoms with Gasteiger partial charge in [-0.25, -0.2) is 0 Å². The van der Waals surface area contributed by atoms with E-state index in [0.717, 1.165) is 12.0 Å². The van der Waals surface area contributed by atoms with Crippen molar-refractivity contribution >= 4 is 18.3 Å². The molecule has 2 N–H and O–H groups in total. The standard InChI is InChI=1S/C14H22N2O3.ClH/c1-10(16-14(17)9-15-2)7-11-5-6-12(18-3)13(8-11)19-4;/h5-6,8,10,15H,7,9H2,1-4H3,(H,16,17);1H. The van der Waals surface area contributed by atoms with Gasteiger partial charge < -0.3 is 20.1 Å². The Kier molecular flexibility index (Phi) is 8.76. The first-order valence-electron chi connectivity index (χ1n) is 6.25. The van der Waals surface area contributed by atoms with Gasteiger partial charge in [0.05, 0.1) is 20.8 Å². The number of carbonyl (C=O) groups is 1. The molecule has 0 saturated heterocycles. The van der Waals surface area contributed by atoms with Crippen molar-refractivity contribution in [1.29, 1.82) is 0 Å². The van der Waals surface area contributed by atoms with Crippen LogP contribution in [0, 0.1) is 0 Å². The summed E-state index contributed by atoms with van der Waals surface area (Å²) in [7, 11) is 4.97. The molecule has 0 aliphatic heterocycles. The van der Waals surface area contributed by atoms with E-state index in [1.54, 1.807) is 21.3 Å². The summed E-state index contributed by atoms with van der Waals surface area (Å²) in [5.74, 6) is 1.40. The van der Waals surface area contributed by atoms with Crippen LogP contribution in [0.1, 0.15) is 12.5 Å². The molecule has 1 atom stereocenters. The van der Waals surface area contributed by atoms with Gasteiger partial charge in [-0.15, -0.1) is 12.4 Å². The highest BCUT2D eigenvalue weighted by molar-refractivity contribution is 5.85. The lowest BCUT2D eigenvalue weighted by molar-refractivity contribution is -0.120. The Balaban J connectivity index is 0.00000361. The van der Waals surface area contributed by atoms with Crippen LogP contribution in [-0.2, 0) is 11.2 Å². The van der Waals surface area contributed by atoms with Crippen LogP contribution < -0.4 is 20.1 Å². The topological polar surface area (TPSA) is 59.6 Å². The molecule has 1 aromatic rings. The number of benzene rings is 1. The molecule has 1 unspecified atom stereocenters. The second-order valence-corrected chi connectivity index (χ2v) is 4.39. The molecule has 114 valence electrons. The van der Waals surface area contributed by atoms with Gasteiger partial charge in [-0.3, -0.25) is 4.79 Å². The minimum absolute atomic E-state index is 0. The highest BCUT2D eigenvalue weighted by Crippen LogP contribution is 2.27. The third-order valence-electron chi connectivity index (χ3n) is 2.73. The molecule has 1 amide bonds. The predicted molar refractivity (Wildman–Crippen MR) is 82.0 cm³/mol. The molecular formula is C14H23ClN2O3. The van der Waals surface area contributed by atoms with Crippen LogP contribution in [0.25, 0.3) is 0 Å². The van der Waals surface area contributed by atoms with E-state index in [-0.39, 0.29) is 24.4 Å². The van der Waals surface area contributed by atoms with Crippen LogP contribution in [0.15, 0.2) is 18.2 Å². The normalized spacial score (nSPS) is 11.2. The number of likely N-dealkylation sites (N-methyl/N-ethyl adjacent to an activating group) is 1. The number of halogens is 1. The minimum Gasteiger partial charge on any atom is -0.493 e. The van der Waals surface area contributed by atoms with Crippen LogP contribution in [0.4, 0.5) is 0 Å². The van der Waals surface area contributed by atoms with Crippen LogP contribution in [0.5, 0.6) is 11.5 Å². The molecule has 1 aromatic carbocycles. The zero-order chi connectivity index (χ0) is 14.3. The summed E-state index contributed by atoms with van der Waals surface area (Å²) >= 11 is 0. The number of hydrogen-bond acceptors (Lipinski definition) is 4. The van der Waals surface area contributed by atoms with Gasteiger partial charge in [-0.05, 0) is 38.1 Å². The Morgan fingerprint density at radius 2 is 1.90 bits per heavy atom. The number of ether oxygens (including phenoxy) is 2. The number of hydrogen-bond donors (Lipinski definition) is 2. The Morgan fingerprint density at radius 1 is 1.25 bits per heavy atom. The Hall–Kier alpha value is -1.46. The summed E-state index contributed by atoms with van der Waals surface area (Å²) in [6.45, 7) is 2.31. The van der Waals surface area contributed by atoms with Gasteiger partial charge in [0.1, 0.15) is 0 Å². The molecule has 0 aliphatic carbocycles. The minimum atomic E-state index is -0.00419. The lowest BCUT2D eigenvalue weighted by Crippen LogP contribution is -2.39. The average molecular weight is 303 g/mol. The van der Waals surface area contributed by atoms with Gasteiger partial charge in [0.2, 0.25) is 5.91 Å². The van der Waals surface area contributed by atoms with Gasteiger partial charge >= 0.3 is 0 Å². The molecule has 0 saturated carbocycles. The zero-order valence-electron chi connectivity index (χ0n) is 12.4. The van der Waals surface area contributed by atoms with E-state index in [0.29, 0.717) is 18.0 Å². The summed E-state index contributed by atoms with van der Waals surface area (Å²) in [6.07, 6.45) is 0.746. The van der Waals surface area contributed by atoms with E-state index in [2.05, 4.69) is 10.6 Å². The van der Waals surface area contributed by atoms with Crippen molar-refractivity contribution in [3.63, 3.8) is 0 Å². The molecule has 1 rings (SSSR count). The van der Waals surface area contributed by atoms with E-state index in [1.165, 1.54) is 0 Å². The number of carbonyl (C=O) groups excluding carboxylic acids is 1. The Bertz CT molecular complexity index is 427. The molecular weight excluding hydrogens is 280 g/mol. The molecule has 6 heteroatoms. The number of methoxy groups -OCH3 is 2. The molecule has 0 aliphatic rings. The van der Waals surface area contributed by atoms with Gasteiger partial charge in [-0.1, -0.05) is 6.07 Å². The molecule has 0 heterocycles. The van der Waals surface area contributed by atoms with Crippen molar-refractivity contribution in [2.24, 2.45) is 0 Å². The van der Waals surface area contributed by atoms with E-state index in [4.69, 9.17) is 9.47 Å². The van der Waals surface area contributed by atoms with Gasteiger partial charge in [-0.2, -0.15) is 0 Å². The predicted octanol–water partition coefficient (Wildman–Crippen LogP) is 1.39. The van der Waals surface area contributed by atoms with Crippen molar-refractivity contribution in [3.05, 3.63) is 23.8 Å². The second kappa shape index (κ2) is 9.44. The van der Waals surface area contributed by atoms with Gasteiger partial charge in [0.25, 0.3) is 0 Å². The SMILES string of the molecule is CNCC(=O)NC(C)Cc1ccc(OC)c(OC)c1.Cl. The third-order valence-corrected chi connectivity index (χ3v) is 2.73. The fraction of sp³-hybridized carbons (Fsp3) is 0.500. The summed E-state index contributed by atoms with van der Waals surface area (Å²) in [6, 6.07) is 5.84. The fourth-order valence-electron chi connectivity index (χ4n) is 1.90. The summed E-state index contributed by atoms with van der Waals surface area (Å²) in [5, 5.41) is 5.74. The van der Waals surface area contributed by atoms with Crippen molar-refractivity contribution in [1.82, 2.24) is 10.6 Å². The van der Waals surface area contributed by atoms with Crippen LogP contribution in [-0.4, -0.2) is 39.8 Å². The molecule has 0 fully saturated rings. The molecule has 20 heavy (non-hydrogen) atoms. The van der Waals surface area contributed by atoms with Gasteiger partial charge in [0, 0.05) is 6.04 Å². The highest BCUT2D eigenvalue weighted by Gasteiger charge is 2.10. The van der Waals surface area contributed by atoms with Crippen LogP contribution in [0.2, 0.25) is 0 Å². The lowest BCUT2D eigenvalue weighted by atomic mass is 10.1. The molecule has 0 aromatic heterocycles. The average Bonchev–Trinajstić information content (AvgIpc) is 2.38. The Morgan fingerprint density at radius 3 is 2.45 bits per heavy atom. The molecule has 0 spiro atoms. The van der Waals surface area contributed by atoms with Crippen LogP contribution >= 0.6 is 12.4 Å². The zero-order valence-corrected chi connectivity index (χ0v) is 13.2. The van der Waals surface area contributed by atoms with Crippen LogP contribution in [0.3, 0.4) is 0 Å². The third kappa shape index (κ3) is 5.67. The van der Waals surface area contributed by atoms with Gasteiger partial charge in [0.15, 0.2) is 11.5 Å². The van der Waals surface area contributed by atoms with E-state index in [1.807, 2.05) is 25.1 Å². The first-order chi connectivity index (χ1) is 9.10. The maximum atomic E-state index is 11.4. The first kappa shape index (κ1) is 18.5. The number of amides is 1. The molecule has 5 nitrogen and oxygen atoms in total. The number of nitrogens with one attached hydrogen (secondary N) is 2. The quantitative estimate of drug-likeness (QED) is 0.799. The smallest absolute Gasteiger partial charge is 0.234 e. The fourth-order valence-corrected chi connectivity index (χ4v) is 1.90. The van der Waals surface area contributed by atoms with Crippen molar-refractivity contribution in [2.75, 3.05) is 27.8 Å². The maximum absolute atomic E-state index is 11.4.